The first-order valence-electron chi connectivity index (χ1n) is 8.43. The molecule has 0 aliphatic heterocycles. The maximum Gasteiger partial charge on any atom is 0.324 e. The van der Waals surface area contributed by atoms with E-state index < -0.39 is 37.6 Å². The summed E-state index contributed by atoms with van der Waals surface area (Å²) in [5, 5.41) is 40.2. The molecule has 2 aromatic heterocycles. The number of aromatic nitrogens is 3. The van der Waals surface area contributed by atoms with Crippen LogP contribution in [0.4, 0.5) is 17.1 Å². The summed E-state index contributed by atoms with van der Waals surface area (Å²) >= 11 is 0. The minimum Gasteiger partial charge on any atom is -0.497 e. The predicted molar refractivity (Wildman–Crippen MR) is 107 cm³/mol. The number of non-ortho nitro benzene ring substituents is 1. The molecule has 13 nitrogen and oxygen atoms in total. The fourth-order valence-electron chi connectivity index (χ4n) is 2.60. The van der Waals surface area contributed by atoms with E-state index in [1.165, 1.54) is 0 Å². The van der Waals surface area contributed by atoms with Crippen molar-refractivity contribution in [1.82, 2.24) is 14.5 Å². The number of hydrogen-bond donors (Lipinski definition) is 1. The molecule has 0 aliphatic rings. The van der Waals surface area contributed by atoms with E-state index in [4.69, 9.17) is 5.11 Å². The van der Waals surface area contributed by atoms with Gasteiger partial charge in [-0.1, -0.05) is 18.2 Å². The number of pyridine rings is 1. The maximum atomic E-state index is 10.4. The summed E-state index contributed by atoms with van der Waals surface area (Å²) in [7, 11) is 0. The highest BCUT2D eigenvalue weighted by atomic mass is 16.6. The summed E-state index contributed by atoms with van der Waals surface area (Å²) in [6.45, 7) is 0. The number of phenolic OH excluding ortho intramolecular Hbond substituents is 1. The molecule has 1 N–H and O–H groups in total. The van der Waals surface area contributed by atoms with E-state index in [9.17, 15) is 30.3 Å². The van der Waals surface area contributed by atoms with Crippen molar-refractivity contribution >= 4 is 28.2 Å². The lowest BCUT2D eigenvalue weighted by Gasteiger charge is -2.01. The molecular weight excluding hydrogens is 412 g/mol. The number of rotatable bonds is 4. The fraction of sp³-hybridized carbons (Fsp3) is 0. The van der Waals surface area contributed by atoms with Crippen LogP contribution in [0, 0.1) is 30.3 Å². The van der Waals surface area contributed by atoms with Gasteiger partial charge in [-0.2, -0.15) is 0 Å². The minimum atomic E-state index is -1.21. The van der Waals surface area contributed by atoms with Crippen molar-refractivity contribution in [3.63, 3.8) is 0 Å². The normalized spacial score (nSPS) is 10.2. The van der Waals surface area contributed by atoms with E-state index in [-0.39, 0.29) is 0 Å². The van der Waals surface area contributed by atoms with Gasteiger partial charge in [-0.25, -0.2) is 9.97 Å². The second-order valence-corrected chi connectivity index (χ2v) is 5.90. The molecule has 2 heterocycles. The van der Waals surface area contributed by atoms with Crippen molar-refractivity contribution < 1.29 is 19.9 Å². The first kappa shape index (κ1) is 20.8. The largest absolute Gasteiger partial charge is 0.497 e. The molecule has 2 aromatic carbocycles. The molecule has 0 spiro atoms. The molecule has 4 aromatic rings. The van der Waals surface area contributed by atoms with Crippen molar-refractivity contribution in [2.75, 3.05) is 0 Å². The number of nitro benzene ring substituents is 3. The Labute approximate surface area is 172 Å². The number of hydrogen-bond acceptors (Lipinski definition) is 9. The minimum absolute atomic E-state index is 0.447. The molecule has 0 atom stereocenters. The van der Waals surface area contributed by atoms with Crippen molar-refractivity contribution in [2.45, 2.75) is 0 Å². The van der Waals surface area contributed by atoms with Gasteiger partial charge < -0.3 is 5.11 Å². The first-order chi connectivity index (χ1) is 14.8. The van der Waals surface area contributed by atoms with Crippen LogP contribution in [0.25, 0.3) is 16.9 Å². The van der Waals surface area contributed by atoms with E-state index in [0.29, 0.717) is 12.1 Å². The van der Waals surface area contributed by atoms with E-state index in [1.807, 2.05) is 47.0 Å². The number of benzene rings is 2. The Balaban J connectivity index is 0.000000176. The highest BCUT2D eigenvalue weighted by molar-refractivity contribution is 5.72. The third-order valence-electron chi connectivity index (χ3n) is 4.00. The van der Waals surface area contributed by atoms with Gasteiger partial charge in [0.2, 0.25) is 0 Å². The second-order valence-electron chi connectivity index (χ2n) is 5.90. The van der Waals surface area contributed by atoms with Gasteiger partial charge in [0.1, 0.15) is 11.8 Å². The lowest BCUT2D eigenvalue weighted by atomic mass is 10.2. The summed E-state index contributed by atoms with van der Waals surface area (Å²) < 4.78 is 1.98. The van der Waals surface area contributed by atoms with Crippen molar-refractivity contribution in [3.8, 4) is 11.4 Å². The Morgan fingerprint density at radius 1 is 0.806 bits per heavy atom. The molecule has 31 heavy (non-hydrogen) atoms. The number of phenols is 1. The number of fused-ring (bicyclic) bond motifs is 1. The van der Waals surface area contributed by atoms with Crippen LogP contribution in [-0.2, 0) is 0 Å². The Bertz CT molecular complexity index is 1250. The quantitative estimate of drug-likeness (QED) is 0.378. The van der Waals surface area contributed by atoms with Crippen LogP contribution < -0.4 is 0 Å². The summed E-state index contributed by atoms with van der Waals surface area (Å²) in [5.74, 6) is -1.21. The molecule has 0 unspecified atom stereocenters. The third-order valence-corrected chi connectivity index (χ3v) is 4.00. The Kier molecular flexibility index (Phi) is 5.77. The molecule has 0 amide bonds. The van der Waals surface area contributed by atoms with Crippen LogP contribution in [0.15, 0.2) is 67.1 Å². The van der Waals surface area contributed by atoms with Crippen LogP contribution in [0.3, 0.4) is 0 Å². The average Bonchev–Trinajstić information content (AvgIpc) is 3.18. The standard InChI is InChI=1S/C12H9N3.C6H3N3O7/c1-2-5-10(6-3-1)15-9-14-11-7-4-8-13-12(11)15;10-6-4(8(13)14)1-3(7(11)12)2-5(6)9(15)16/h1-9H;1-2,10H. The Morgan fingerprint density at radius 3 is 1.97 bits per heavy atom. The second kappa shape index (κ2) is 8.60. The van der Waals surface area contributed by atoms with Crippen LogP contribution in [0.2, 0.25) is 0 Å². The zero-order chi connectivity index (χ0) is 22.5. The van der Waals surface area contributed by atoms with Crippen molar-refractivity contribution in [2.24, 2.45) is 0 Å². The van der Waals surface area contributed by atoms with Crippen LogP contribution >= 0.6 is 0 Å². The summed E-state index contributed by atoms with van der Waals surface area (Å²) in [6.07, 6.45) is 3.58. The summed E-state index contributed by atoms with van der Waals surface area (Å²) in [6, 6.07) is 14.8. The molecule has 0 aliphatic carbocycles. The number of nitrogens with zero attached hydrogens (tertiary/aromatic N) is 6. The Morgan fingerprint density at radius 2 is 1.42 bits per heavy atom. The summed E-state index contributed by atoms with van der Waals surface area (Å²) in [4.78, 5) is 36.4. The van der Waals surface area contributed by atoms with Crippen molar-refractivity contribution in [3.05, 3.63) is 97.5 Å². The van der Waals surface area contributed by atoms with Gasteiger partial charge in [0.05, 0.1) is 26.9 Å². The van der Waals surface area contributed by atoms with E-state index in [0.717, 1.165) is 16.9 Å². The van der Waals surface area contributed by atoms with Crippen molar-refractivity contribution in [1.29, 1.82) is 0 Å². The Hall–Kier alpha value is -4.94. The van der Waals surface area contributed by atoms with Gasteiger partial charge in [0.25, 0.3) is 11.4 Å². The number of nitro groups is 3. The zero-order valence-corrected chi connectivity index (χ0v) is 15.4. The van der Waals surface area contributed by atoms with E-state index >= 15 is 0 Å². The van der Waals surface area contributed by atoms with Gasteiger partial charge in [0, 0.05) is 11.9 Å². The molecule has 13 heteroatoms. The van der Waals surface area contributed by atoms with E-state index in [1.54, 1.807) is 12.5 Å². The summed E-state index contributed by atoms with van der Waals surface area (Å²) in [5.41, 5.74) is -0.109. The lowest BCUT2D eigenvalue weighted by molar-refractivity contribution is -0.404. The van der Waals surface area contributed by atoms with Crippen LogP contribution in [-0.4, -0.2) is 34.4 Å². The topological polar surface area (TPSA) is 180 Å². The molecule has 0 radical (unpaired) electrons. The monoisotopic (exact) mass is 424 g/mol. The van der Waals surface area contributed by atoms with Gasteiger partial charge >= 0.3 is 11.4 Å². The van der Waals surface area contributed by atoms with Crippen LogP contribution in [0.1, 0.15) is 0 Å². The zero-order valence-electron chi connectivity index (χ0n) is 15.4. The smallest absolute Gasteiger partial charge is 0.324 e. The average molecular weight is 424 g/mol. The highest BCUT2D eigenvalue weighted by Gasteiger charge is 2.30. The predicted octanol–water partition coefficient (Wildman–Crippen LogP) is 3.54. The maximum absolute atomic E-state index is 10.4. The number of imidazole rings is 1. The lowest BCUT2D eigenvalue weighted by Crippen LogP contribution is -1.97. The van der Waals surface area contributed by atoms with Gasteiger partial charge in [-0.15, -0.1) is 0 Å². The first-order valence-corrected chi connectivity index (χ1v) is 8.43. The molecule has 4 rings (SSSR count). The van der Waals surface area contributed by atoms with E-state index in [2.05, 4.69) is 9.97 Å². The fourth-order valence-corrected chi connectivity index (χ4v) is 2.60. The van der Waals surface area contributed by atoms with Gasteiger partial charge in [-0.3, -0.25) is 34.9 Å². The molecule has 0 bridgehead atoms. The highest BCUT2D eigenvalue weighted by Crippen LogP contribution is 2.38. The number of aromatic hydroxyl groups is 1. The molecule has 0 fully saturated rings. The third kappa shape index (κ3) is 4.40. The number of para-hydroxylation sites is 1. The van der Waals surface area contributed by atoms with Gasteiger partial charge in [-0.05, 0) is 24.3 Å². The molecular formula is C18H12N6O7. The molecule has 0 saturated heterocycles. The molecule has 0 saturated carbocycles. The SMILES string of the molecule is O=[N+]([O-])c1cc([N+](=O)[O-])c(O)c([N+](=O)[O-])c1.c1ccc(-n2cnc3cccnc32)cc1. The molecule has 156 valence electrons. The van der Waals surface area contributed by atoms with Crippen LogP contribution in [0.5, 0.6) is 5.75 Å². The van der Waals surface area contributed by atoms with Gasteiger partial charge in [0.15, 0.2) is 5.65 Å².